The van der Waals surface area contributed by atoms with Gasteiger partial charge in [-0.3, -0.25) is 4.79 Å². The third kappa shape index (κ3) is 4.88. The van der Waals surface area contributed by atoms with Gasteiger partial charge in [0.05, 0.1) is 16.3 Å². The van der Waals surface area contributed by atoms with Crippen LogP contribution in [0.3, 0.4) is 0 Å². The summed E-state index contributed by atoms with van der Waals surface area (Å²) in [6.07, 6.45) is -2.10. The number of benzene rings is 2. The third-order valence-electron chi connectivity index (χ3n) is 5.50. The van der Waals surface area contributed by atoms with Crippen molar-refractivity contribution in [1.29, 1.82) is 0 Å². The molecule has 0 bridgehead atoms. The molecule has 2 N–H and O–H groups in total. The molecule has 0 fully saturated rings. The van der Waals surface area contributed by atoms with Crippen molar-refractivity contribution in [2.24, 2.45) is 0 Å². The summed E-state index contributed by atoms with van der Waals surface area (Å²) in [5, 5.41) is 5.17. The van der Waals surface area contributed by atoms with Gasteiger partial charge in [-0.05, 0) is 42.8 Å². The van der Waals surface area contributed by atoms with E-state index in [0.717, 1.165) is 47.6 Å². The van der Waals surface area contributed by atoms with Crippen LogP contribution in [-0.2, 0) is 19.1 Å². The number of halogens is 4. The van der Waals surface area contributed by atoms with Crippen LogP contribution >= 0.6 is 11.6 Å². The number of aromatic nitrogens is 2. The summed E-state index contributed by atoms with van der Waals surface area (Å²) in [5.41, 5.74) is 3.26. The minimum atomic E-state index is -4.65. The molecular formula is C23H21ClF3N5O. The summed E-state index contributed by atoms with van der Waals surface area (Å²) < 4.78 is 39.4. The van der Waals surface area contributed by atoms with Crippen LogP contribution in [0.2, 0.25) is 5.02 Å². The SMILES string of the molecule is CNc1ncc2c(n1)CCN(c1cc(NC(=O)c3ccc(Cl)c(C(F)(F)F)c3)ccc1C)C2. The number of hydrogen-bond donors (Lipinski definition) is 2. The number of alkyl halides is 3. The lowest BCUT2D eigenvalue weighted by atomic mass is 10.0. The highest BCUT2D eigenvalue weighted by molar-refractivity contribution is 6.31. The highest BCUT2D eigenvalue weighted by Gasteiger charge is 2.34. The standard InChI is InChI=1S/C23H21ClF3N5O/c1-13-3-5-16(30-21(33)14-4-6-18(24)17(9-14)23(25,26)27)10-20(13)32-8-7-19-15(12-32)11-29-22(28-2)31-19/h3-6,9-11H,7-8,12H2,1-2H3,(H,30,33)(H,28,29,31). The van der Waals surface area contributed by atoms with Crippen molar-refractivity contribution < 1.29 is 18.0 Å². The number of nitrogens with one attached hydrogen (secondary N) is 2. The Morgan fingerprint density at radius 2 is 1.97 bits per heavy atom. The van der Waals surface area contributed by atoms with E-state index in [1.165, 1.54) is 6.07 Å². The molecule has 0 saturated carbocycles. The zero-order valence-corrected chi connectivity index (χ0v) is 18.7. The van der Waals surface area contributed by atoms with E-state index in [1.54, 1.807) is 19.3 Å². The van der Waals surface area contributed by atoms with Crippen LogP contribution in [0, 0.1) is 6.92 Å². The Bertz CT molecular complexity index is 1220. The van der Waals surface area contributed by atoms with Gasteiger partial charge in [-0.2, -0.15) is 13.2 Å². The smallest absolute Gasteiger partial charge is 0.366 e. The van der Waals surface area contributed by atoms with Gasteiger partial charge in [-0.25, -0.2) is 9.97 Å². The second-order valence-corrected chi connectivity index (χ2v) is 8.14. The van der Waals surface area contributed by atoms with Crippen molar-refractivity contribution in [3.63, 3.8) is 0 Å². The fraction of sp³-hybridized carbons (Fsp3) is 0.261. The normalized spacial score (nSPS) is 13.5. The van der Waals surface area contributed by atoms with Crippen molar-refractivity contribution in [2.75, 3.05) is 29.1 Å². The van der Waals surface area contributed by atoms with Gasteiger partial charge >= 0.3 is 6.18 Å². The largest absolute Gasteiger partial charge is 0.417 e. The maximum Gasteiger partial charge on any atom is 0.417 e. The van der Waals surface area contributed by atoms with Gasteiger partial charge < -0.3 is 15.5 Å². The van der Waals surface area contributed by atoms with Gasteiger partial charge in [0.15, 0.2) is 0 Å². The third-order valence-corrected chi connectivity index (χ3v) is 5.83. The molecule has 4 rings (SSSR count). The zero-order valence-electron chi connectivity index (χ0n) is 17.9. The van der Waals surface area contributed by atoms with Gasteiger partial charge in [-0.1, -0.05) is 17.7 Å². The minimum Gasteiger partial charge on any atom is -0.366 e. The molecule has 2 aromatic carbocycles. The molecule has 172 valence electrons. The molecule has 0 saturated heterocycles. The van der Waals surface area contributed by atoms with E-state index in [9.17, 15) is 18.0 Å². The quantitative estimate of drug-likeness (QED) is 0.535. The van der Waals surface area contributed by atoms with Crippen LogP contribution < -0.4 is 15.5 Å². The lowest BCUT2D eigenvalue weighted by Crippen LogP contribution is -2.32. The molecule has 0 unspecified atom stereocenters. The zero-order chi connectivity index (χ0) is 23.8. The summed E-state index contributed by atoms with van der Waals surface area (Å²) in [6.45, 7) is 3.31. The molecule has 1 aromatic heterocycles. The first-order valence-corrected chi connectivity index (χ1v) is 10.6. The second-order valence-electron chi connectivity index (χ2n) is 7.73. The van der Waals surface area contributed by atoms with Gasteiger partial charge in [0.2, 0.25) is 5.95 Å². The summed E-state index contributed by atoms with van der Waals surface area (Å²) in [6, 6.07) is 8.51. The van der Waals surface area contributed by atoms with E-state index in [0.29, 0.717) is 18.2 Å². The fourth-order valence-electron chi connectivity index (χ4n) is 3.76. The number of carbonyl (C=O) groups excluding carboxylic acids is 1. The number of anilines is 3. The molecule has 3 aromatic rings. The Morgan fingerprint density at radius 1 is 1.18 bits per heavy atom. The fourth-order valence-corrected chi connectivity index (χ4v) is 3.98. The van der Waals surface area contributed by atoms with E-state index in [-0.39, 0.29) is 5.56 Å². The summed E-state index contributed by atoms with van der Waals surface area (Å²) in [4.78, 5) is 23.6. The van der Waals surface area contributed by atoms with E-state index < -0.39 is 22.7 Å². The summed E-state index contributed by atoms with van der Waals surface area (Å²) >= 11 is 5.65. The Labute approximate surface area is 193 Å². The van der Waals surface area contributed by atoms with Gasteiger partial charge in [0, 0.05) is 55.3 Å². The Morgan fingerprint density at radius 3 is 2.70 bits per heavy atom. The molecule has 6 nitrogen and oxygen atoms in total. The maximum atomic E-state index is 13.1. The summed E-state index contributed by atoms with van der Waals surface area (Å²) in [5.74, 6) is -0.0667. The summed E-state index contributed by atoms with van der Waals surface area (Å²) in [7, 11) is 1.77. The van der Waals surface area contributed by atoms with Gasteiger partial charge in [0.25, 0.3) is 5.91 Å². The average Bonchev–Trinajstić information content (AvgIpc) is 2.79. The van der Waals surface area contributed by atoms with Crippen LogP contribution in [0.4, 0.5) is 30.5 Å². The van der Waals surface area contributed by atoms with Crippen molar-refractivity contribution in [1.82, 2.24) is 9.97 Å². The lowest BCUT2D eigenvalue weighted by molar-refractivity contribution is -0.137. The van der Waals surface area contributed by atoms with Crippen LogP contribution in [0.1, 0.15) is 32.7 Å². The molecule has 0 spiro atoms. The van der Waals surface area contributed by atoms with Crippen LogP contribution in [0.5, 0.6) is 0 Å². The average molecular weight is 476 g/mol. The van der Waals surface area contributed by atoms with Crippen molar-refractivity contribution in [2.45, 2.75) is 26.1 Å². The second kappa shape index (κ2) is 8.90. The maximum absolute atomic E-state index is 13.1. The molecule has 1 aliphatic heterocycles. The van der Waals surface area contributed by atoms with Crippen LogP contribution in [-0.4, -0.2) is 29.5 Å². The molecule has 33 heavy (non-hydrogen) atoms. The monoisotopic (exact) mass is 475 g/mol. The minimum absolute atomic E-state index is 0.127. The molecule has 1 aliphatic rings. The molecule has 0 radical (unpaired) electrons. The van der Waals surface area contributed by atoms with E-state index in [1.807, 2.05) is 19.1 Å². The van der Waals surface area contributed by atoms with E-state index >= 15 is 0 Å². The van der Waals surface area contributed by atoms with Crippen molar-refractivity contribution in [3.05, 3.63) is 75.6 Å². The number of nitrogens with zero attached hydrogens (tertiary/aromatic N) is 3. The molecule has 0 aliphatic carbocycles. The van der Waals surface area contributed by atoms with Gasteiger partial charge in [0.1, 0.15) is 0 Å². The van der Waals surface area contributed by atoms with E-state index in [4.69, 9.17) is 11.6 Å². The first-order valence-electron chi connectivity index (χ1n) is 10.2. The highest BCUT2D eigenvalue weighted by Crippen LogP contribution is 2.35. The molecule has 1 amide bonds. The van der Waals surface area contributed by atoms with Crippen LogP contribution in [0.25, 0.3) is 0 Å². The van der Waals surface area contributed by atoms with Crippen molar-refractivity contribution in [3.8, 4) is 0 Å². The molecular weight excluding hydrogens is 455 g/mol. The molecule has 0 atom stereocenters. The number of fused-ring (bicyclic) bond motifs is 1. The van der Waals surface area contributed by atoms with Crippen molar-refractivity contribution >= 4 is 34.8 Å². The Kier molecular flexibility index (Phi) is 6.16. The highest BCUT2D eigenvalue weighted by atomic mass is 35.5. The Hall–Kier alpha value is -3.33. The molecule has 2 heterocycles. The predicted octanol–water partition coefficient (Wildman–Crippen LogP) is 5.31. The first-order chi connectivity index (χ1) is 15.7. The number of hydrogen-bond acceptors (Lipinski definition) is 5. The Balaban J connectivity index is 1.55. The number of aryl methyl sites for hydroxylation is 1. The number of rotatable bonds is 4. The first kappa shape index (κ1) is 22.8. The van der Waals surface area contributed by atoms with E-state index in [2.05, 4.69) is 25.5 Å². The lowest BCUT2D eigenvalue weighted by Gasteiger charge is -2.31. The predicted molar refractivity (Wildman–Crippen MR) is 122 cm³/mol. The number of amides is 1. The van der Waals surface area contributed by atoms with Crippen LogP contribution in [0.15, 0.2) is 42.6 Å². The number of carbonyl (C=O) groups is 1. The van der Waals surface area contributed by atoms with Gasteiger partial charge in [-0.15, -0.1) is 0 Å². The molecule has 10 heteroatoms. The topological polar surface area (TPSA) is 70.2 Å².